The zero-order chi connectivity index (χ0) is 21.1. The van der Waals surface area contributed by atoms with Gasteiger partial charge in [0.05, 0.1) is 47.5 Å². The number of methoxy groups -OCH3 is 2. The lowest BCUT2D eigenvalue weighted by Gasteiger charge is -2.24. The van der Waals surface area contributed by atoms with Gasteiger partial charge in [-0.15, -0.1) is 0 Å². The zero-order valence-corrected chi connectivity index (χ0v) is 18.1. The van der Waals surface area contributed by atoms with E-state index >= 15 is 0 Å². The highest BCUT2D eigenvalue weighted by Gasteiger charge is 2.25. The van der Waals surface area contributed by atoms with Gasteiger partial charge in [0.25, 0.3) is 5.91 Å². The quantitative estimate of drug-likeness (QED) is 0.693. The number of sulfonamides is 1. The Bertz CT molecular complexity index is 996. The summed E-state index contributed by atoms with van der Waals surface area (Å²) in [5, 5.41) is 3.11. The van der Waals surface area contributed by atoms with Crippen LogP contribution in [0.15, 0.2) is 30.3 Å². The van der Waals surface area contributed by atoms with Gasteiger partial charge in [-0.05, 0) is 25.1 Å². The predicted molar refractivity (Wildman–Crippen MR) is 112 cm³/mol. The fourth-order valence-electron chi connectivity index (χ4n) is 2.63. The second-order valence-electron chi connectivity index (χ2n) is 5.71. The van der Waals surface area contributed by atoms with Crippen molar-refractivity contribution >= 4 is 50.5 Å². The number of carbonyl (C=O) groups is 1. The largest absolute Gasteiger partial charge is 0.493 e. The van der Waals surface area contributed by atoms with Gasteiger partial charge in [0.15, 0.2) is 11.5 Å². The summed E-state index contributed by atoms with van der Waals surface area (Å²) in [6, 6.07) is 7.66. The Kier molecular flexibility index (Phi) is 7.03. The molecule has 28 heavy (non-hydrogen) atoms. The van der Waals surface area contributed by atoms with E-state index in [9.17, 15) is 13.2 Å². The van der Waals surface area contributed by atoms with Gasteiger partial charge >= 0.3 is 0 Å². The SMILES string of the molecule is CCN(c1cc(OC)c(OC)cc1C(=O)Nc1cccc(Cl)c1Cl)S(C)(=O)=O. The van der Waals surface area contributed by atoms with Crippen LogP contribution in [0, 0.1) is 0 Å². The molecule has 0 bridgehead atoms. The number of anilines is 2. The minimum atomic E-state index is -3.65. The average molecular weight is 447 g/mol. The molecule has 0 atom stereocenters. The maximum Gasteiger partial charge on any atom is 0.257 e. The Morgan fingerprint density at radius 1 is 1.14 bits per heavy atom. The Balaban J connectivity index is 2.63. The zero-order valence-electron chi connectivity index (χ0n) is 15.7. The van der Waals surface area contributed by atoms with Crippen LogP contribution in [0.1, 0.15) is 17.3 Å². The van der Waals surface area contributed by atoms with Gasteiger partial charge in [0.2, 0.25) is 10.0 Å². The second-order valence-corrected chi connectivity index (χ2v) is 8.40. The molecular weight excluding hydrogens is 427 g/mol. The van der Waals surface area contributed by atoms with E-state index in [1.165, 1.54) is 26.4 Å². The van der Waals surface area contributed by atoms with Crippen LogP contribution in [-0.2, 0) is 10.0 Å². The lowest BCUT2D eigenvalue weighted by molar-refractivity contribution is 0.102. The summed E-state index contributed by atoms with van der Waals surface area (Å²) >= 11 is 12.1. The van der Waals surface area contributed by atoms with Crippen molar-refractivity contribution in [2.24, 2.45) is 0 Å². The van der Waals surface area contributed by atoms with Crippen LogP contribution < -0.4 is 19.1 Å². The van der Waals surface area contributed by atoms with Crippen molar-refractivity contribution in [1.29, 1.82) is 0 Å². The van der Waals surface area contributed by atoms with E-state index in [1.54, 1.807) is 25.1 Å². The Hall–Kier alpha value is -2.16. The van der Waals surface area contributed by atoms with Crippen molar-refractivity contribution in [2.75, 3.05) is 36.6 Å². The monoisotopic (exact) mass is 446 g/mol. The van der Waals surface area contributed by atoms with Gasteiger partial charge in [0.1, 0.15) is 0 Å². The molecule has 10 heteroatoms. The molecule has 0 aliphatic heterocycles. The third kappa shape index (κ3) is 4.63. The number of halogens is 2. The number of nitrogens with zero attached hydrogens (tertiary/aromatic N) is 1. The Labute approximate surface area is 174 Å². The van der Waals surface area contributed by atoms with Crippen LogP contribution in [0.4, 0.5) is 11.4 Å². The van der Waals surface area contributed by atoms with Crippen molar-refractivity contribution in [3.05, 3.63) is 45.9 Å². The van der Waals surface area contributed by atoms with Crippen molar-refractivity contribution < 1.29 is 22.7 Å². The minimum Gasteiger partial charge on any atom is -0.493 e. The molecule has 0 saturated heterocycles. The third-order valence-corrected chi connectivity index (χ3v) is 5.98. The van der Waals surface area contributed by atoms with E-state index in [-0.39, 0.29) is 39.3 Å². The number of ether oxygens (including phenoxy) is 2. The number of carbonyl (C=O) groups excluding carboxylic acids is 1. The van der Waals surface area contributed by atoms with Crippen LogP contribution in [0.3, 0.4) is 0 Å². The highest BCUT2D eigenvalue weighted by molar-refractivity contribution is 7.92. The van der Waals surface area contributed by atoms with E-state index in [0.29, 0.717) is 5.69 Å². The smallest absolute Gasteiger partial charge is 0.257 e. The average Bonchev–Trinajstić information content (AvgIpc) is 2.64. The lowest BCUT2D eigenvalue weighted by atomic mass is 10.1. The number of rotatable bonds is 7. The van der Waals surface area contributed by atoms with E-state index in [0.717, 1.165) is 10.6 Å². The lowest BCUT2D eigenvalue weighted by Crippen LogP contribution is -2.31. The van der Waals surface area contributed by atoms with Crippen molar-refractivity contribution in [3.63, 3.8) is 0 Å². The molecule has 0 aromatic heterocycles. The van der Waals surface area contributed by atoms with E-state index in [4.69, 9.17) is 32.7 Å². The molecule has 0 radical (unpaired) electrons. The molecule has 0 spiro atoms. The first-order valence-corrected chi connectivity index (χ1v) is 10.7. The molecule has 7 nitrogen and oxygen atoms in total. The Morgan fingerprint density at radius 2 is 1.75 bits per heavy atom. The second kappa shape index (κ2) is 8.89. The first-order chi connectivity index (χ1) is 13.1. The van der Waals surface area contributed by atoms with Gasteiger partial charge in [-0.25, -0.2) is 8.42 Å². The molecule has 0 fully saturated rings. The fraction of sp³-hybridized carbons (Fsp3) is 0.278. The molecular formula is C18H20Cl2N2O5S. The molecule has 0 aliphatic carbocycles. The van der Waals surface area contributed by atoms with Gasteiger partial charge in [-0.1, -0.05) is 29.3 Å². The van der Waals surface area contributed by atoms with Gasteiger partial charge in [-0.3, -0.25) is 9.10 Å². The summed E-state index contributed by atoms with van der Waals surface area (Å²) in [6.07, 6.45) is 1.06. The van der Waals surface area contributed by atoms with Crippen LogP contribution in [-0.4, -0.2) is 41.3 Å². The number of nitrogens with one attached hydrogen (secondary N) is 1. The molecule has 1 amide bonds. The fourth-order valence-corrected chi connectivity index (χ4v) is 3.96. The summed E-state index contributed by atoms with van der Waals surface area (Å²) in [5.74, 6) is -0.0164. The summed E-state index contributed by atoms with van der Waals surface area (Å²) < 4.78 is 36.1. The van der Waals surface area contributed by atoms with E-state index in [2.05, 4.69) is 5.32 Å². The maximum atomic E-state index is 13.0. The predicted octanol–water partition coefficient (Wildman–Crippen LogP) is 4.05. The number of hydrogen-bond donors (Lipinski definition) is 1. The van der Waals surface area contributed by atoms with Gasteiger partial charge in [0, 0.05) is 12.6 Å². The molecule has 0 aliphatic rings. The van der Waals surface area contributed by atoms with Crippen LogP contribution in [0.5, 0.6) is 11.5 Å². The molecule has 0 unspecified atom stereocenters. The molecule has 2 aromatic carbocycles. The highest BCUT2D eigenvalue weighted by Crippen LogP contribution is 2.37. The van der Waals surface area contributed by atoms with Crippen LogP contribution in [0.25, 0.3) is 0 Å². The standard InChI is InChI=1S/C18H20Cl2N2O5S/c1-5-22(28(4,24)25)14-10-16(27-3)15(26-2)9-11(14)18(23)21-13-8-6-7-12(19)17(13)20/h6-10H,5H2,1-4H3,(H,21,23). The van der Waals surface area contributed by atoms with Gasteiger partial charge < -0.3 is 14.8 Å². The molecule has 0 saturated carbocycles. The molecule has 2 aromatic rings. The number of benzene rings is 2. The van der Waals surface area contributed by atoms with Crippen molar-refractivity contribution in [3.8, 4) is 11.5 Å². The summed E-state index contributed by atoms with van der Waals surface area (Å²) in [4.78, 5) is 13.0. The first-order valence-electron chi connectivity index (χ1n) is 8.13. The van der Waals surface area contributed by atoms with Crippen LogP contribution in [0.2, 0.25) is 10.0 Å². The van der Waals surface area contributed by atoms with Crippen molar-refractivity contribution in [1.82, 2.24) is 0 Å². The molecule has 152 valence electrons. The number of hydrogen-bond acceptors (Lipinski definition) is 5. The minimum absolute atomic E-state index is 0.0703. The van der Waals surface area contributed by atoms with E-state index < -0.39 is 15.9 Å². The summed E-state index contributed by atoms with van der Waals surface area (Å²) in [5.41, 5.74) is 0.515. The number of amides is 1. The summed E-state index contributed by atoms with van der Waals surface area (Å²) in [7, 11) is -0.808. The van der Waals surface area contributed by atoms with Gasteiger partial charge in [-0.2, -0.15) is 0 Å². The van der Waals surface area contributed by atoms with Crippen LogP contribution >= 0.6 is 23.2 Å². The molecule has 1 N–H and O–H groups in total. The highest BCUT2D eigenvalue weighted by atomic mass is 35.5. The topological polar surface area (TPSA) is 84.9 Å². The molecule has 0 heterocycles. The van der Waals surface area contributed by atoms with Crippen molar-refractivity contribution in [2.45, 2.75) is 6.92 Å². The van der Waals surface area contributed by atoms with E-state index in [1.807, 2.05) is 0 Å². The third-order valence-electron chi connectivity index (χ3n) is 3.90. The normalized spacial score (nSPS) is 11.1. The Morgan fingerprint density at radius 3 is 2.29 bits per heavy atom. The summed E-state index contributed by atoms with van der Waals surface area (Å²) in [6.45, 7) is 1.78. The first kappa shape index (κ1) is 22.1. The maximum absolute atomic E-state index is 13.0. The molecule has 2 rings (SSSR count).